The summed E-state index contributed by atoms with van der Waals surface area (Å²) in [5, 5.41) is 5.21. The number of halogens is 3. The van der Waals surface area contributed by atoms with E-state index < -0.39 is 0 Å². The van der Waals surface area contributed by atoms with Gasteiger partial charge in [0.25, 0.3) is 0 Å². The van der Waals surface area contributed by atoms with E-state index in [1.54, 1.807) is 6.07 Å². The van der Waals surface area contributed by atoms with E-state index in [2.05, 4.69) is 19.2 Å². The lowest BCUT2D eigenvalue weighted by atomic mass is 9.79. The van der Waals surface area contributed by atoms with E-state index in [0.717, 1.165) is 17.5 Å². The third-order valence-corrected chi connectivity index (χ3v) is 5.06. The first kappa shape index (κ1) is 15.3. The SMILES string of the molecule is CC(C)C1CCCC(Nc2cc(Cl)c(Cl)cc2Cl)C1. The Labute approximate surface area is 130 Å². The van der Waals surface area contributed by atoms with Crippen LogP contribution in [0.2, 0.25) is 15.1 Å². The summed E-state index contributed by atoms with van der Waals surface area (Å²) in [6.45, 7) is 4.61. The molecule has 0 saturated heterocycles. The van der Waals surface area contributed by atoms with E-state index in [1.807, 2.05) is 6.07 Å². The van der Waals surface area contributed by atoms with Crippen LogP contribution in [0.15, 0.2) is 12.1 Å². The maximum atomic E-state index is 6.21. The first-order valence-electron chi connectivity index (χ1n) is 6.88. The molecule has 1 N–H and O–H groups in total. The Morgan fingerprint density at radius 3 is 2.42 bits per heavy atom. The molecule has 0 amide bonds. The molecule has 4 heteroatoms. The summed E-state index contributed by atoms with van der Waals surface area (Å²) in [5.74, 6) is 1.54. The zero-order valence-corrected chi connectivity index (χ0v) is 13.6. The van der Waals surface area contributed by atoms with Crippen LogP contribution in [0.25, 0.3) is 0 Å². The van der Waals surface area contributed by atoms with Gasteiger partial charge >= 0.3 is 0 Å². The quantitative estimate of drug-likeness (QED) is 0.647. The summed E-state index contributed by atoms with van der Waals surface area (Å²) in [4.78, 5) is 0. The minimum absolute atomic E-state index is 0.482. The van der Waals surface area contributed by atoms with Gasteiger partial charge in [0.15, 0.2) is 0 Å². The number of hydrogen-bond acceptors (Lipinski definition) is 1. The van der Waals surface area contributed by atoms with Gasteiger partial charge in [-0.1, -0.05) is 61.5 Å². The van der Waals surface area contributed by atoms with E-state index in [4.69, 9.17) is 34.8 Å². The van der Waals surface area contributed by atoms with Gasteiger partial charge in [0.1, 0.15) is 0 Å². The highest BCUT2D eigenvalue weighted by Gasteiger charge is 2.24. The van der Waals surface area contributed by atoms with Crippen LogP contribution in [0.5, 0.6) is 0 Å². The van der Waals surface area contributed by atoms with Crippen molar-refractivity contribution in [2.75, 3.05) is 5.32 Å². The fourth-order valence-electron chi connectivity index (χ4n) is 2.82. The van der Waals surface area contributed by atoms with Crippen molar-refractivity contribution in [3.05, 3.63) is 27.2 Å². The average molecular weight is 321 g/mol. The first-order chi connectivity index (χ1) is 8.97. The largest absolute Gasteiger partial charge is 0.381 e. The van der Waals surface area contributed by atoms with Crippen LogP contribution < -0.4 is 5.32 Å². The molecule has 1 aliphatic rings. The molecule has 0 spiro atoms. The molecule has 0 aromatic heterocycles. The minimum Gasteiger partial charge on any atom is -0.381 e. The van der Waals surface area contributed by atoms with Crippen LogP contribution in [-0.2, 0) is 0 Å². The number of benzene rings is 1. The van der Waals surface area contributed by atoms with Crippen LogP contribution in [-0.4, -0.2) is 6.04 Å². The molecular weight excluding hydrogens is 301 g/mol. The second-order valence-corrected chi connectivity index (χ2v) is 6.98. The maximum Gasteiger partial charge on any atom is 0.0653 e. The number of hydrogen-bond donors (Lipinski definition) is 1. The molecule has 0 heterocycles. The summed E-state index contributed by atoms with van der Waals surface area (Å²) in [5.41, 5.74) is 0.894. The van der Waals surface area contributed by atoms with Crippen LogP contribution in [0.4, 0.5) is 5.69 Å². The second kappa shape index (κ2) is 6.56. The molecule has 0 radical (unpaired) electrons. The predicted octanol–water partition coefficient (Wildman–Crippen LogP) is 6.27. The number of rotatable bonds is 3. The average Bonchev–Trinajstić information content (AvgIpc) is 2.36. The highest BCUT2D eigenvalue weighted by molar-refractivity contribution is 6.44. The number of nitrogens with one attached hydrogen (secondary N) is 1. The molecule has 106 valence electrons. The van der Waals surface area contributed by atoms with Crippen LogP contribution in [0.3, 0.4) is 0 Å². The molecular formula is C15H20Cl3N. The van der Waals surface area contributed by atoms with Gasteiger partial charge in [-0.15, -0.1) is 0 Å². The lowest BCUT2D eigenvalue weighted by Crippen LogP contribution is -2.29. The van der Waals surface area contributed by atoms with E-state index in [1.165, 1.54) is 25.7 Å². The lowest BCUT2D eigenvalue weighted by Gasteiger charge is -2.33. The Kier molecular flexibility index (Phi) is 5.28. The minimum atomic E-state index is 0.482. The maximum absolute atomic E-state index is 6.21. The molecule has 1 aromatic carbocycles. The van der Waals surface area contributed by atoms with Crippen molar-refractivity contribution < 1.29 is 0 Å². The van der Waals surface area contributed by atoms with E-state index in [-0.39, 0.29) is 0 Å². The van der Waals surface area contributed by atoms with Gasteiger partial charge in [0.05, 0.1) is 20.8 Å². The van der Waals surface area contributed by atoms with E-state index in [0.29, 0.717) is 21.1 Å². The first-order valence-corrected chi connectivity index (χ1v) is 8.02. The van der Waals surface area contributed by atoms with Crippen molar-refractivity contribution in [1.82, 2.24) is 0 Å². The van der Waals surface area contributed by atoms with Crippen molar-refractivity contribution in [2.24, 2.45) is 11.8 Å². The molecule has 19 heavy (non-hydrogen) atoms. The second-order valence-electron chi connectivity index (χ2n) is 5.76. The Balaban J connectivity index is 2.06. The van der Waals surface area contributed by atoms with Gasteiger partial charge in [0, 0.05) is 6.04 Å². The molecule has 0 aliphatic heterocycles. The smallest absolute Gasteiger partial charge is 0.0653 e. The fourth-order valence-corrected chi connectivity index (χ4v) is 3.42. The van der Waals surface area contributed by atoms with Gasteiger partial charge < -0.3 is 5.32 Å². The molecule has 2 unspecified atom stereocenters. The van der Waals surface area contributed by atoms with Gasteiger partial charge in [-0.05, 0) is 36.8 Å². The number of anilines is 1. The van der Waals surface area contributed by atoms with Crippen molar-refractivity contribution >= 4 is 40.5 Å². The molecule has 1 fully saturated rings. The van der Waals surface area contributed by atoms with Gasteiger partial charge in [-0.2, -0.15) is 0 Å². The highest BCUT2D eigenvalue weighted by atomic mass is 35.5. The highest BCUT2D eigenvalue weighted by Crippen LogP contribution is 2.36. The summed E-state index contributed by atoms with van der Waals surface area (Å²) < 4.78 is 0. The summed E-state index contributed by atoms with van der Waals surface area (Å²) >= 11 is 18.2. The standard InChI is InChI=1S/C15H20Cl3N/c1-9(2)10-4-3-5-11(6-10)19-15-8-13(17)12(16)7-14(15)18/h7-11,19H,3-6H2,1-2H3. The molecule has 1 saturated carbocycles. The van der Waals surface area contributed by atoms with Crippen LogP contribution >= 0.6 is 34.8 Å². The van der Waals surface area contributed by atoms with Gasteiger partial charge in [-0.3, -0.25) is 0 Å². The van der Waals surface area contributed by atoms with Crippen molar-refractivity contribution in [1.29, 1.82) is 0 Å². The van der Waals surface area contributed by atoms with E-state index >= 15 is 0 Å². The van der Waals surface area contributed by atoms with Crippen molar-refractivity contribution in [2.45, 2.75) is 45.6 Å². The zero-order chi connectivity index (χ0) is 14.0. The third kappa shape index (κ3) is 3.93. The van der Waals surface area contributed by atoms with Crippen LogP contribution in [0, 0.1) is 11.8 Å². The van der Waals surface area contributed by atoms with E-state index in [9.17, 15) is 0 Å². The monoisotopic (exact) mass is 319 g/mol. The predicted molar refractivity (Wildman–Crippen MR) is 85.7 cm³/mol. The molecule has 1 nitrogen and oxygen atoms in total. The van der Waals surface area contributed by atoms with Gasteiger partial charge in [-0.25, -0.2) is 0 Å². The normalized spacial score (nSPS) is 23.7. The van der Waals surface area contributed by atoms with Gasteiger partial charge in [0.2, 0.25) is 0 Å². The Bertz CT molecular complexity index is 445. The Hall–Kier alpha value is -0.110. The zero-order valence-electron chi connectivity index (χ0n) is 11.3. The summed E-state index contributed by atoms with van der Waals surface area (Å²) in [6, 6.07) is 4.01. The molecule has 2 atom stereocenters. The Morgan fingerprint density at radius 1 is 1.05 bits per heavy atom. The Morgan fingerprint density at radius 2 is 1.74 bits per heavy atom. The lowest BCUT2D eigenvalue weighted by molar-refractivity contribution is 0.264. The van der Waals surface area contributed by atoms with Crippen molar-refractivity contribution in [3.63, 3.8) is 0 Å². The topological polar surface area (TPSA) is 12.0 Å². The molecule has 2 rings (SSSR count). The summed E-state index contributed by atoms with van der Waals surface area (Å²) in [6.07, 6.45) is 5.01. The summed E-state index contributed by atoms with van der Waals surface area (Å²) in [7, 11) is 0. The molecule has 1 aromatic rings. The van der Waals surface area contributed by atoms with Crippen LogP contribution in [0.1, 0.15) is 39.5 Å². The molecule has 0 bridgehead atoms. The fraction of sp³-hybridized carbons (Fsp3) is 0.600. The molecule has 1 aliphatic carbocycles. The third-order valence-electron chi connectivity index (χ3n) is 4.03. The van der Waals surface area contributed by atoms with Crippen molar-refractivity contribution in [3.8, 4) is 0 Å².